The van der Waals surface area contributed by atoms with Crippen molar-refractivity contribution in [2.45, 2.75) is 18.7 Å². The SMILES string of the molecule is O[C@H](c1ccc2c(c1)CCO2)C(F)(F)F. The van der Waals surface area contributed by atoms with Crippen molar-refractivity contribution in [2.24, 2.45) is 0 Å². The van der Waals surface area contributed by atoms with Crippen LogP contribution in [0.5, 0.6) is 5.75 Å². The van der Waals surface area contributed by atoms with E-state index in [0.717, 1.165) is 5.56 Å². The van der Waals surface area contributed by atoms with Crippen LogP contribution >= 0.6 is 0 Å². The van der Waals surface area contributed by atoms with E-state index in [-0.39, 0.29) is 5.56 Å². The van der Waals surface area contributed by atoms with E-state index in [1.54, 1.807) is 0 Å². The average molecular weight is 218 g/mol. The Morgan fingerprint density at radius 3 is 2.73 bits per heavy atom. The molecule has 82 valence electrons. The Hall–Kier alpha value is -1.23. The number of aliphatic hydroxyl groups is 1. The second-order valence-corrected chi connectivity index (χ2v) is 3.41. The highest BCUT2D eigenvalue weighted by molar-refractivity contribution is 5.40. The third kappa shape index (κ3) is 1.92. The van der Waals surface area contributed by atoms with Crippen LogP contribution < -0.4 is 4.74 Å². The van der Waals surface area contributed by atoms with Gasteiger partial charge in [-0.2, -0.15) is 13.2 Å². The maximum atomic E-state index is 12.2. The van der Waals surface area contributed by atoms with Crippen LogP contribution in [0.2, 0.25) is 0 Å². The molecule has 0 spiro atoms. The average Bonchev–Trinajstić information content (AvgIpc) is 2.61. The normalized spacial score (nSPS) is 17.1. The van der Waals surface area contributed by atoms with E-state index in [2.05, 4.69) is 0 Å². The Balaban J connectivity index is 2.31. The highest BCUT2D eigenvalue weighted by Crippen LogP contribution is 2.35. The van der Waals surface area contributed by atoms with E-state index < -0.39 is 12.3 Å². The predicted molar refractivity (Wildman–Crippen MR) is 46.7 cm³/mol. The van der Waals surface area contributed by atoms with E-state index in [1.807, 2.05) is 0 Å². The number of hydrogen-bond donors (Lipinski definition) is 1. The lowest BCUT2D eigenvalue weighted by atomic mass is 10.0. The first kappa shape index (κ1) is 10.3. The van der Waals surface area contributed by atoms with Crippen molar-refractivity contribution < 1.29 is 23.0 Å². The molecule has 1 heterocycles. The molecule has 5 heteroatoms. The van der Waals surface area contributed by atoms with Gasteiger partial charge in [-0.25, -0.2) is 0 Å². The van der Waals surface area contributed by atoms with Crippen molar-refractivity contribution in [3.05, 3.63) is 29.3 Å². The molecule has 1 aromatic rings. The van der Waals surface area contributed by atoms with E-state index in [0.29, 0.717) is 18.8 Å². The van der Waals surface area contributed by atoms with Crippen LogP contribution in [0.4, 0.5) is 13.2 Å². The molecule has 1 aliphatic heterocycles. The molecule has 1 aromatic carbocycles. The lowest BCUT2D eigenvalue weighted by molar-refractivity contribution is -0.206. The first-order chi connectivity index (χ1) is 6.98. The number of aliphatic hydroxyl groups excluding tert-OH is 1. The summed E-state index contributed by atoms with van der Waals surface area (Å²) in [5.41, 5.74) is 0.586. The van der Waals surface area contributed by atoms with Gasteiger partial charge in [0.1, 0.15) is 5.75 Å². The van der Waals surface area contributed by atoms with Gasteiger partial charge in [-0.15, -0.1) is 0 Å². The molecule has 1 aliphatic rings. The lowest BCUT2D eigenvalue weighted by Gasteiger charge is -2.15. The third-order valence-corrected chi connectivity index (χ3v) is 2.34. The first-order valence-electron chi connectivity index (χ1n) is 4.49. The molecule has 0 radical (unpaired) electrons. The van der Waals surface area contributed by atoms with Crippen molar-refractivity contribution in [2.75, 3.05) is 6.61 Å². The largest absolute Gasteiger partial charge is 0.493 e. The minimum absolute atomic E-state index is 0.133. The fourth-order valence-corrected chi connectivity index (χ4v) is 1.57. The zero-order chi connectivity index (χ0) is 11.1. The van der Waals surface area contributed by atoms with E-state index in [9.17, 15) is 13.2 Å². The molecule has 0 unspecified atom stereocenters. The molecule has 0 aromatic heterocycles. The number of hydrogen-bond acceptors (Lipinski definition) is 2. The van der Waals surface area contributed by atoms with Crippen LogP contribution in [-0.2, 0) is 6.42 Å². The molecule has 15 heavy (non-hydrogen) atoms. The van der Waals surface area contributed by atoms with Crippen LogP contribution in [0.3, 0.4) is 0 Å². The lowest BCUT2D eigenvalue weighted by Crippen LogP contribution is -2.20. The quantitative estimate of drug-likeness (QED) is 0.783. The highest BCUT2D eigenvalue weighted by Gasteiger charge is 2.39. The Morgan fingerprint density at radius 1 is 1.33 bits per heavy atom. The summed E-state index contributed by atoms with van der Waals surface area (Å²) >= 11 is 0. The third-order valence-electron chi connectivity index (χ3n) is 2.34. The van der Waals surface area contributed by atoms with E-state index in [1.165, 1.54) is 18.2 Å². The molecular weight excluding hydrogens is 209 g/mol. The molecule has 1 N–H and O–H groups in total. The van der Waals surface area contributed by atoms with Gasteiger partial charge < -0.3 is 9.84 Å². The van der Waals surface area contributed by atoms with Gasteiger partial charge in [0.15, 0.2) is 6.10 Å². The van der Waals surface area contributed by atoms with Crippen LogP contribution in [-0.4, -0.2) is 17.9 Å². The molecule has 1 atom stereocenters. The summed E-state index contributed by atoms with van der Waals surface area (Å²) in [5.74, 6) is 0.605. The number of alkyl halides is 3. The van der Waals surface area contributed by atoms with Crippen LogP contribution in [0.25, 0.3) is 0 Å². The second kappa shape index (κ2) is 3.41. The van der Waals surface area contributed by atoms with Gasteiger partial charge in [0.25, 0.3) is 0 Å². The summed E-state index contributed by atoms with van der Waals surface area (Å²) in [5, 5.41) is 9.02. The molecule has 0 bridgehead atoms. The number of halogens is 3. The Morgan fingerprint density at radius 2 is 2.07 bits per heavy atom. The molecule has 0 aliphatic carbocycles. The molecule has 0 saturated heterocycles. The number of benzene rings is 1. The smallest absolute Gasteiger partial charge is 0.418 e. The summed E-state index contributed by atoms with van der Waals surface area (Å²) in [6, 6.07) is 4.05. The molecule has 0 fully saturated rings. The predicted octanol–water partition coefficient (Wildman–Crippen LogP) is 2.22. The second-order valence-electron chi connectivity index (χ2n) is 3.41. The van der Waals surface area contributed by atoms with Gasteiger partial charge in [0.2, 0.25) is 0 Å². The monoisotopic (exact) mass is 218 g/mol. The van der Waals surface area contributed by atoms with Crippen molar-refractivity contribution >= 4 is 0 Å². The van der Waals surface area contributed by atoms with Crippen molar-refractivity contribution in [3.63, 3.8) is 0 Å². The van der Waals surface area contributed by atoms with E-state index in [4.69, 9.17) is 9.84 Å². The molecule has 0 saturated carbocycles. The number of ether oxygens (including phenoxy) is 1. The fraction of sp³-hybridized carbons (Fsp3) is 0.400. The van der Waals surface area contributed by atoms with Crippen LogP contribution in [0.1, 0.15) is 17.2 Å². The van der Waals surface area contributed by atoms with Gasteiger partial charge in [-0.3, -0.25) is 0 Å². The van der Waals surface area contributed by atoms with Crippen molar-refractivity contribution in [3.8, 4) is 5.75 Å². The molecule has 2 rings (SSSR count). The standard InChI is InChI=1S/C10H9F3O2/c11-10(12,13)9(14)7-1-2-8-6(5-7)3-4-15-8/h1-2,5,9,14H,3-4H2/t9-/m1/s1. The maximum Gasteiger partial charge on any atom is 0.418 e. The minimum Gasteiger partial charge on any atom is -0.493 e. The maximum absolute atomic E-state index is 12.2. The van der Waals surface area contributed by atoms with Crippen molar-refractivity contribution in [1.82, 2.24) is 0 Å². The zero-order valence-electron chi connectivity index (χ0n) is 7.71. The van der Waals surface area contributed by atoms with Gasteiger partial charge in [-0.1, -0.05) is 6.07 Å². The first-order valence-corrected chi connectivity index (χ1v) is 4.49. The summed E-state index contributed by atoms with van der Waals surface area (Å²) in [4.78, 5) is 0. The number of rotatable bonds is 1. The highest BCUT2D eigenvalue weighted by atomic mass is 19.4. The van der Waals surface area contributed by atoms with Gasteiger partial charge in [-0.05, 0) is 23.3 Å². The summed E-state index contributed by atoms with van der Waals surface area (Å²) < 4.78 is 41.8. The van der Waals surface area contributed by atoms with Crippen LogP contribution in [0.15, 0.2) is 18.2 Å². The Bertz CT molecular complexity index is 373. The zero-order valence-corrected chi connectivity index (χ0v) is 7.71. The van der Waals surface area contributed by atoms with E-state index >= 15 is 0 Å². The minimum atomic E-state index is -4.62. The molecular formula is C10H9F3O2. The summed E-state index contributed by atoms with van der Waals surface area (Å²) in [6.45, 7) is 0.487. The Labute approximate surface area is 84.3 Å². The summed E-state index contributed by atoms with van der Waals surface area (Å²) in [6.07, 6.45) is -6.44. The van der Waals surface area contributed by atoms with Crippen molar-refractivity contribution in [1.29, 1.82) is 0 Å². The Kier molecular flexibility index (Phi) is 2.34. The van der Waals surface area contributed by atoms with Gasteiger partial charge in [0, 0.05) is 6.42 Å². The van der Waals surface area contributed by atoms with Crippen LogP contribution in [0, 0.1) is 0 Å². The van der Waals surface area contributed by atoms with Gasteiger partial charge >= 0.3 is 6.18 Å². The number of fused-ring (bicyclic) bond motifs is 1. The summed E-state index contributed by atoms with van der Waals surface area (Å²) in [7, 11) is 0. The fourth-order valence-electron chi connectivity index (χ4n) is 1.57. The van der Waals surface area contributed by atoms with Gasteiger partial charge in [0.05, 0.1) is 6.61 Å². The molecule has 0 amide bonds. The molecule has 2 nitrogen and oxygen atoms in total. The topological polar surface area (TPSA) is 29.5 Å².